The van der Waals surface area contributed by atoms with Crippen molar-refractivity contribution < 1.29 is 4.74 Å². The van der Waals surface area contributed by atoms with Crippen LogP contribution in [0.1, 0.15) is 11.1 Å². The summed E-state index contributed by atoms with van der Waals surface area (Å²) in [5.41, 5.74) is 2.15. The smallest absolute Gasteiger partial charge is 0.259 e. The summed E-state index contributed by atoms with van der Waals surface area (Å²) < 4.78 is 5.22. The van der Waals surface area contributed by atoms with Crippen molar-refractivity contribution in [3.63, 3.8) is 0 Å². The van der Waals surface area contributed by atoms with Gasteiger partial charge in [-0.2, -0.15) is 0 Å². The first-order chi connectivity index (χ1) is 7.15. The molecule has 0 unspecified atom stereocenters. The lowest BCUT2D eigenvalue weighted by Crippen LogP contribution is -2.07. The van der Waals surface area contributed by atoms with Crippen molar-refractivity contribution in [2.75, 3.05) is 7.11 Å². The van der Waals surface area contributed by atoms with Crippen LogP contribution in [-0.4, -0.2) is 12.1 Å². The van der Waals surface area contributed by atoms with Gasteiger partial charge in [0.15, 0.2) is 0 Å². The molecule has 0 atom stereocenters. The average Bonchev–Trinajstić information content (AvgIpc) is 2.23. The molecule has 2 rings (SSSR count). The van der Waals surface area contributed by atoms with E-state index in [-0.39, 0.29) is 5.56 Å². The van der Waals surface area contributed by atoms with Gasteiger partial charge in [-0.1, -0.05) is 0 Å². The van der Waals surface area contributed by atoms with Gasteiger partial charge in [-0.05, 0) is 42.5 Å². The van der Waals surface area contributed by atoms with Crippen molar-refractivity contribution >= 4 is 10.8 Å². The number of aryl methyl sites for hydroxylation is 2. The maximum absolute atomic E-state index is 11.7. The predicted molar refractivity (Wildman–Crippen MR) is 60.6 cm³/mol. The van der Waals surface area contributed by atoms with Crippen LogP contribution < -0.4 is 10.3 Å². The first-order valence-electron chi connectivity index (χ1n) is 4.80. The number of fused-ring (bicyclic) bond motifs is 1. The first-order valence-corrected chi connectivity index (χ1v) is 4.80. The second-order valence-electron chi connectivity index (χ2n) is 3.62. The van der Waals surface area contributed by atoms with Crippen LogP contribution >= 0.6 is 0 Å². The van der Waals surface area contributed by atoms with Crippen LogP contribution in [0, 0.1) is 13.8 Å². The zero-order valence-electron chi connectivity index (χ0n) is 9.05. The van der Waals surface area contributed by atoms with Crippen molar-refractivity contribution in [3.8, 4) is 5.75 Å². The molecule has 0 saturated heterocycles. The van der Waals surface area contributed by atoms with Gasteiger partial charge in [-0.25, -0.2) is 0 Å². The quantitative estimate of drug-likeness (QED) is 0.771. The fraction of sp³-hybridized carbons (Fsp3) is 0.250. The van der Waals surface area contributed by atoms with Crippen molar-refractivity contribution in [2.45, 2.75) is 13.8 Å². The number of hydrogen-bond acceptors (Lipinski definition) is 2. The number of methoxy groups -OCH3 is 1. The van der Waals surface area contributed by atoms with E-state index in [1.807, 2.05) is 26.0 Å². The van der Waals surface area contributed by atoms with E-state index >= 15 is 0 Å². The van der Waals surface area contributed by atoms with Crippen LogP contribution in [0.2, 0.25) is 0 Å². The molecule has 1 aromatic heterocycles. The fourth-order valence-corrected chi connectivity index (χ4v) is 1.79. The Balaban J connectivity index is 3.03. The van der Waals surface area contributed by atoms with E-state index in [1.165, 1.54) is 0 Å². The maximum atomic E-state index is 11.7. The lowest BCUT2D eigenvalue weighted by molar-refractivity contribution is 0.419. The second kappa shape index (κ2) is 3.42. The van der Waals surface area contributed by atoms with Gasteiger partial charge in [0.05, 0.1) is 12.5 Å². The summed E-state index contributed by atoms with van der Waals surface area (Å²) in [7, 11) is 1.58. The van der Waals surface area contributed by atoms with E-state index in [0.29, 0.717) is 11.1 Å². The second-order valence-corrected chi connectivity index (χ2v) is 3.62. The molecule has 0 aliphatic rings. The Morgan fingerprint density at radius 3 is 2.73 bits per heavy atom. The fourth-order valence-electron chi connectivity index (χ4n) is 1.79. The predicted octanol–water partition coefficient (Wildman–Crippen LogP) is 2.15. The lowest BCUT2D eigenvalue weighted by atomic mass is 10.0. The molecular formula is C12H13NO2. The third-order valence-corrected chi connectivity index (χ3v) is 2.77. The molecule has 0 saturated carbocycles. The van der Waals surface area contributed by atoms with E-state index in [4.69, 9.17) is 4.74 Å². The average molecular weight is 203 g/mol. The SMILES string of the molecule is COc1cc(C)c(C)c2cc[nH]c(=O)c12. The number of rotatable bonds is 1. The van der Waals surface area contributed by atoms with Crippen LogP contribution in [0.3, 0.4) is 0 Å². The number of hydrogen-bond donors (Lipinski definition) is 1. The Morgan fingerprint density at radius 1 is 1.33 bits per heavy atom. The summed E-state index contributed by atoms with van der Waals surface area (Å²) in [6.45, 7) is 4.02. The van der Waals surface area contributed by atoms with E-state index in [1.54, 1.807) is 13.3 Å². The molecule has 2 aromatic rings. The highest BCUT2D eigenvalue weighted by Crippen LogP contribution is 2.27. The van der Waals surface area contributed by atoms with E-state index in [9.17, 15) is 4.79 Å². The number of benzene rings is 1. The van der Waals surface area contributed by atoms with Crippen molar-refractivity contribution in [1.82, 2.24) is 4.98 Å². The van der Waals surface area contributed by atoms with Gasteiger partial charge in [0.2, 0.25) is 0 Å². The Labute approximate surface area is 87.7 Å². The van der Waals surface area contributed by atoms with Gasteiger partial charge >= 0.3 is 0 Å². The molecule has 15 heavy (non-hydrogen) atoms. The first kappa shape index (κ1) is 9.77. The van der Waals surface area contributed by atoms with Crippen LogP contribution in [0.5, 0.6) is 5.75 Å². The Hall–Kier alpha value is -1.77. The topological polar surface area (TPSA) is 42.1 Å². The molecule has 0 fully saturated rings. The monoisotopic (exact) mass is 203 g/mol. The molecule has 1 heterocycles. The van der Waals surface area contributed by atoms with Crippen LogP contribution in [0.25, 0.3) is 10.8 Å². The Kier molecular flexibility index (Phi) is 2.23. The molecular weight excluding hydrogens is 190 g/mol. The molecule has 78 valence electrons. The van der Waals surface area contributed by atoms with E-state index in [2.05, 4.69) is 4.98 Å². The standard InChI is InChI=1S/C12H13NO2/c1-7-6-10(15-3)11-9(8(7)2)4-5-13-12(11)14/h4-6H,1-3H3,(H,13,14). The minimum Gasteiger partial charge on any atom is -0.496 e. The molecule has 1 aromatic carbocycles. The van der Waals surface area contributed by atoms with Crippen LogP contribution in [-0.2, 0) is 0 Å². The van der Waals surface area contributed by atoms with Crippen molar-refractivity contribution in [2.24, 2.45) is 0 Å². The largest absolute Gasteiger partial charge is 0.496 e. The molecule has 3 heteroatoms. The minimum atomic E-state index is -0.104. The molecule has 0 amide bonds. The summed E-state index contributed by atoms with van der Waals surface area (Å²) in [6.07, 6.45) is 1.66. The third kappa shape index (κ3) is 1.40. The molecule has 1 N–H and O–H groups in total. The maximum Gasteiger partial charge on any atom is 0.259 e. The van der Waals surface area contributed by atoms with Crippen molar-refractivity contribution in [1.29, 1.82) is 0 Å². The van der Waals surface area contributed by atoms with E-state index < -0.39 is 0 Å². The van der Waals surface area contributed by atoms with Crippen LogP contribution in [0.4, 0.5) is 0 Å². The van der Waals surface area contributed by atoms with E-state index in [0.717, 1.165) is 16.5 Å². The van der Waals surface area contributed by atoms with Gasteiger partial charge in [0.25, 0.3) is 5.56 Å². The summed E-state index contributed by atoms with van der Waals surface area (Å²) >= 11 is 0. The van der Waals surface area contributed by atoms with Crippen molar-refractivity contribution in [3.05, 3.63) is 39.8 Å². The normalized spacial score (nSPS) is 10.6. The zero-order valence-corrected chi connectivity index (χ0v) is 9.05. The zero-order chi connectivity index (χ0) is 11.0. The highest BCUT2D eigenvalue weighted by Gasteiger charge is 2.09. The molecule has 0 bridgehead atoms. The third-order valence-electron chi connectivity index (χ3n) is 2.77. The summed E-state index contributed by atoms with van der Waals surface area (Å²) in [6, 6.07) is 3.80. The summed E-state index contributed by atoms with van der Waals surface area (Å²) in [4.78, 5) is 14.3. The number of ether oxygens (including phenoxy) is 1. The summed E-state index contributed by atoms with van der Waals surface area (Å²) in [5, 5.41) is 1.58. The highest BCUT2D eigenvalue weighted by molar-refractivity contribution is 5.90. The number of nitrogens with one attached hydrogen (secondary N) is 1. The molecule has 0 aliphatic heterocycles. The number of aromatic amines is 1. The van der Waals surface area contributed by atoms with Gasteiger partial charge in [0, 0.05) is 6.20 Å². The Bertz CT molecular complexity index is 570. The molecule has 0 spiro atoms. The van der Waals surface area contributed by atoms with Crippen LogP contribution in [0.15, 0.2) is 23.1 Å². The summed E-state index contributed by atoms with van der Waals surface area (Å²) in [5.74, 6) is 0.634. The van der Waals surface area contributed by atoms with Gasteiger partial charge < -0.3 is 9.72 Å². The highest BCUT2D eigenvalue weighted by atomic mass is 16.5. The number of pyridine rings is 1. The lowest BCUT2D eigenvalue weighted by Gasteiger charge is -2.09. The molecule has 0 aliphatic carbocycles. The van der Waals surface area contributed by atoms with Gasteiger partial charge in [0.1, 0.15) is 5.75 Å². The number of H-pyrrole nitrogens is 1. The number of aromatic nitrogens is 1. The molecule has 3 nitrogen and oxygen atoms in total. The Morgan fingerprint density at radius 2 is 2.07 bits per heavy atom. The molecule has 0 radical (unpaired) electrons. The minimum absolute atomic E-state index is 0.104. The van der Waals surface area contributed by atoms with Gasteiger partial charge in [-0.3, -0.25) is 4.79 Å². The van der Waals surface area contributed by atoms with Gasteiger partial charge in [-0.15, -0.1) is 0 Å².